The number of aryl methyl sites for hydroxylation is 3. The molecule has 2 aromatic rings. The maximum atomic E-state index is 11.5. The number of imidazole rings is 1. The minimum Gasteiger partial charge on any atom is -0.464 e. The number of aromatic nitrogens is 5. The normalized spacial score (nSPS) is 10.7. The van der Waals surface area contributed by atoms with Crippen LogP contribution in [0.1, 0.15) is 28.9 Å². The van der Waals surface area contributed by atoms with E-state index in [1.54, 1.807) is 10.9 Å². The van der Waals surface area contributed by atoms with E-state index in [0.29, 0.717) is 18.7 Å². The van der Waals surface area contributed by atoms with Crippen LogP contribution in [0, 0.1) is 6.92 Å². The van der Waals surface area contributed by atoms with Crippen LogP contribution in [0.2, 0.25) is 0 Å². The molecule has 0 amide bonds. The molecule has 7 heteroatoms. The molecule has 2 aromatic heterocycles. The lowest BCUT2D eigenvalue weighted by Crippen LogP contribution is -2.13. The van der Waals surface area contributed by atoms with Crippen molar-refractivity contribution in [3.8, 4) is 0 Å². The molecule has 0 atom stereocenters. The summed E-state index contributed by atoms with van der Waals surface area (Å²) < 4.78 is 8.46. The van der Waals surface area contributed by atoms with Crippen molar-refractivity contribution in [2.24, 2.45) is 0 Å². The molecule has 2 rings (SSSR count). The van der Waals surface area contributed by atoms with Crippen molar-refractivity contribution in [1.29, 1.82) is 0 Å². The van der Waals surface area contributed by atoms with E-state index >= 15 is 0 Å². The minimum atomic E-state index is -0.443. The molecule has 19 heavy (non-hydrogen) atoms. The fraction of sp³-hybridized carbons (Fsp3) is 0.500. The third-order valence-corrected chi connectivity index (χ3v) is 3.03. The van der Waals surface area contributed by atoms with Gasteiger partial charge in [-0.15, -0.1) is 5.10 Å². The lowest BCUT2D eigenvalue weighted by Gasteiger charge is -2.07. The van der Waals surface area contributed by atoms with Crippen LogP contribution in [0.15, 0.2) is 12.4 Å². The van der Waals surface area contributed by atoms with E-state index in [1.807, 2.05) is 24.6 Å². The van der Waals surface area contributed by atoms with Gasteiger partial charge in [0.05, 0.1) is 19.3 Å². The highest BCUT2D eigenvalue weighted by Gasteiger charge is 2.18. The maximum Gasteiger partial charge on any atom is 0.360 e. The van der Waals surface area contributed by atoms with Gasteiger partial charge in [-0.2, -0.15) is 0 Å². The summed E-state index contributed by atoms with van der Waals surface area (Å²) in [6.45, 7) is 5.29. The summed E-state index contributed by atoms with van der Waals surface area (Å²) in [7, 11) is 1.34. The molecular weight excluding hydrogens is 246 g/mol. The first kappa shape index (κ1) is 13.3. The molecule has 0 radical (unpaired) electrons. The van der Waals surface area contributed by atoms with Gasteiger partial charge >= 0.3 is 5.97 Å². The van der Waals surface area contributed by atoms with Gasteiger partial charge < -0.3 is 9.30 Å². The molecule has 0 aliphatic carbocycles. The van der Waals surface area contributed by atoms with E-state index < -0.39 is 5.97 Å². The number of hydrogen-bond acceptors (Lipinski definition) is 5. The largest absolute Gasteiger partial charge is 0.464 e. The average molecular weight is 263 g/mol. The average Bonchev–Trinajstić information content (AvgIpc) is 3.01. The molecular formula is C12H17N5O2. The quantitative estimate of drug-likeness (QED) is 0.747. The van der Waals surface area contributed by atoms with Crippen molar-refractivity contribution >= 4 is 5.97 Å². The first-order chi connectivity index (χ1) is 9.17. The van der Waals surface area contributed by atoms with E-state index in [4.69, 9.17) is 4.74 Å². The van der Waals surface area contributed by atoms with Crippen molar-refractivity contribution in [1.82, 2.24) is 24.5 Å². The van der Waals surface area contributed by atoms with Crippen LogP contribution >= 0.6 is 0 Å². The van der Waals surface area contributed by atoms with Crippen molar-refractivity contribution in [2.75, 3.05) is 7.11 Å². The Morgan fingerprint density at radius 2 is 2.21 bits per heavy atom. The lowest BCUT2D eigenvalue weighted by molar-refractivity contribution is 0.0592. The van der Waals surface area contributed by atoms with Crippen LogP contribution in [0.4, 0.5) is 0 Å². The molecule has 2 heterocycles. The fourth-order valence-corrected chi connectivity index (χ4v) is 1.96. The Morgan fingerprint density at radius 3 is 2.79 bits per heavy atom. The number of rotatable bonds is 5. The second kappa shape index (κ2) is 5.64. The molecule has 0 fully saturated rings. The van der Waals surface area contributed by atoms with Crippen LogP contribution in [-0.4, -0.2) is 37.6 Å². The predicted octanol–water partition coefficient (Wildman–Crippen LogP) is 0.832. The highest BCUT2D eigenvalue weighted by molar-refractivity contribution is 5.88. The molecule has 0 saturated heterocycles. The van der Waals surface area contributed by atoms with Crippen molar-refractivity contribution in [2.45, 2.75) is 33.4 Å². The number of carbonyl (C=O) groups excluding carboxylic acids is 1. The van der Waals surface area contributed by atoms with Crippen molar-refractivity contribution in [3.63, 3.8) is 0 Å². The van der Waals surface area contributed by atoms with Crippen LogP contribution in [-0.2, 0) is 24.2 Å². The Morgan fingerprint density at radius 1 is 1.42 bits per heavy atom. The Labute approximate surface area is 111 Å². The Bertz CT molecular complexity index is 572. The van der Waals surface area contributed by atoms with Gasteiger partial charge in [0.2, 0.25) is 0 Å². The lowest BCUT2D eigenvalue weighted by atomic mass is 10.2. The summed E-state index contributed by atoms with van der Waals surface area (Å²) in [6.07, 6.45) is 4.36. The smallest absolute Gasteiger partial charge is 0.360 e. The molecule has 0 aliphatic rings. The predicted molar refractivity (Wildman–Crippen MR) is 67.7 cm³/mol. The molecule has 0 N–H and O–H groups in total. The van der Waals surface area contributed by atoms with Crippen LogP contribution in [0.25, 0.3) is 0 Å². The van der Waals surface area contributed by atoms with Gasteiger partial charge in [-0.3, -0.25) is 0 Å². The third-order valence-electron chi connectivity index (χ3n) is 3.03. The zero-order chi connectivity index (χ0) is 13.8. The number of nitrogens with zero attached hydrogens (tertiary/aromatic N) is 5. The molecule has 0 unspecified atom stereocenters. The Balaban J connectivity index is 2.15. The minimum absolute atomic E-state index is 0.298. The second-order valence-electron chi connectivity index (χ2n) is 4.12. The van der Waals surface area contributed by atoms with Crippen molar-refractivity contribution < 1.29 is 9.53 Å². The summed E-state index contributed by atoms with van der Waals surface area (Å²) in [5, 5.41) is 7.91. The zero-order valence-electron chi connectivity index (χ0n) is 11.3. The van der Waals surface area contributed by atoms with Gasteiger partial charge in [-0.1, -0.05) is 12.1 Å². The highest BCUT2D eigenvalue weighted by Crippen LogP contribution is 2.08. The summed E-state index contributed by atoms with van der Waals surface area (Å²) in [4.78, 5) is 15.7. The molecule has 0 spiro atoms. The van der Waals surface area contributed by atoms with Crippen LogP contribution in [0.3, 0.4) is 0 Å². The molecule has 7 nitrogen and oxygen atoms in total. The molecule has 0 aliphatic heterocycles. The van der Waals surface area contributed by atoms with Crippen LogP contribution in [0.5, 0.6) is 0 Å². The third kappa shape index (κ3) is 2.64. The number of methoxy groups -OCH3 is 1. The fourth-order valence-electron chi connectivity index (χ4n) is 1.96. The maximum absolute atomic E-state index is 11.5. The van der Waals surface area contributed by atoms with Gasteiger partial charge in [0.15, 0.2) is 5.69 Å². The van der Waals surface area contributed by atoms with E-state index in [9.17, 15) is 4.79 Å². The van der Waals surface area contributed by atoms with Gasteiger partial charge in [0.25, 0.3) is 0 Å². The first-order valence-electron chi connectivity index (χ1n) is 6.15. The molecule has 0 bridgehead atoms. The van der Waals surface area contributed by atoms with Crippen LogP contribution < -0.4 is 0 Å². The summed E-state index contributed by atoms with van der Waals surface area (Å²) in [5.74, 6) is 0.508. The van der Waals surface area contributed by atoms with E-state index in [-0.39, 0.29) is 0 Å². The topological polar surface area (TPSA) is 74.8 Å². The number of hydrogen-bond donors (Lipinski definition) is 0. The van der Waals surface area contributed by atoms with Gasteiger partial charge in [0.1, 0.15) is 5.82 Å². The standard InChI is InChI=1S/C12H17N5O2/c1-4-10-11(12(18)19-3)14-15-17(10)8-7-16-6-5-13-9(16)2/h5-6H,4,7-8H2,1-3H3. The second-order valence-corrected chi connectivity index (χ2v) is 4.12. The zero-order valence-corrected chi connectivity index (χ0v) is 11.3. The SMILES string of the molecule is CCc1c(C(=O)OC)nnn1CCn1ccnc1C. The van der Waals surface area contributed by atoms with E-state index in [1.165, 1.54) is 7.11 Å². The first-order valence-corrected chi connectivity index (χ1v) is 6.15. The Kier molecular flexibility index (Phi) is 3.94. The van der Waals surface area contributed by atoms with Gasteiger partial charge in [-0.05, 0) is 13.3 Å². The van der Waals surface area contributed by atoms with Crippen molar-refractivity contribution in [3.05, 3.63) is 29.6 Å². The molecule has 0 aromatic carbocycles. The Hall–Kier alpha value is -2.18. The van der Waals surface area contributed by atoms with Gasteiger partial charge in [-0.25, -0.2) is 14.5 Å². The van der Waals surface area contributed by atoms with E-state index in [0.717, 1.165) is 18.1 Å². The highest BCUT2D eigenvalue weighted by atomic mass is 16.5. The number of esters is 1. The number of carbonyl (C=O) groups is 1. The summed E-state index contributed by atoms with van der Waals surface area (Å²) in [5.41, 5.74) is 1.09. The number of ether oxygens (including phenoxy) is 1. The monoisotopic (exact) mass is 263 g/mol. The van der Waals surface area contributed by atoms with Gasteiger partial charge in [0, 0.05) is 18.9 Å². The van der Waals surface area contributed by atoms with E-state index in [2.05, 4.69) is 15.3 Å². The molecule has 102 valence electrons. The summed E-state index contributed by atoms with van der Waals surface area (Å²) in [6, 6.07) is 0. The molecule has 0 saturated carbocycles. The summed E-state index contributed by atoms with van der Waals surface area (Å²) >= 11 is 0.